The van der Waals surface area contributed by atoms with E-state index < -0.39 is 0 Å². The van der Waals surface area contributed by atoms with Gasteiger partial charge >= 0.3 is 0 Å². The molecule has 1 aliphatic heterocycles. The molecule has 0 aromatic heterocycles. The Labute approximate surface area is 126 Å². The van der Waals surface area contributed by atoms with Crippen LogP contribution in [0.15, 0.2) is 12.1 Å². The standard InChI is InChI=1S/C15H23ClN2O2/c1-4-20-14-8-12(7-13(16)15(14)19-3)10-18-6-5-17-11(2)9-18/h7-8,11,17H,4-6,9-10H2,1-3H3/t11-/m1/s1. The van der Waals surface area contributed by atoms with Crippen molar-refractivity contribution in [1.29, 1.82) is 0 Å². The Morgan fingerprint density at radius 1 is 1.45 bits per heavy atom. The summed E-state index contributed by atoms with van der Waals surface area (Å²) in [4.78, 5) is 2.43. The van der Waals surface area contributed by atoms with Crippen LogP contribution in [0, 0.1) is 0 Å². The monoisotopic (exact) mass is 298 g/mol. The van der Waals surface area contributed by atoms with Gasteiger partial charge in [-0.1, -0.05) is 11.6 Å². The van der Waals surface area contributed by atoms with Gasteiger partial charge < -0.3 is 14.8 Å². The first-order chi connectivity index (χ1) is 9.63. The zero-order valence-corrected chi connectivity index (χ0v) is 13.2. The van der Waals surface area contributed by atoms with Crippen LogP contribution in [0.5, 0.6) is 11.5 Å². The van der Waals surface area contributed by atoms with E-state index in [-0.39, 0.29) is 0 Å². The molecule has 2 rings (SSSR count). The molecule has 1 aliphatic rings. The topological polar surface area (TPSA) is 33.7 Å². The van der Waals surface area contributed by atoms with Crippen LogP contribution >= 0.6 is 11.6 Å². The highest BCUT2D eigenvalue weighted by Gasteiger charge is 2.17. The lowest BCUT2D eigenvalue weighted by atomic mass is 10.1. The molecule has 0 saturated carbocycles. The molecule has 0 aliphatic carbocycles. The highest BCUT2D eigenvalue weighted by molar-refractivity contribution is 6.32. The quantitative estimate of drug-likeness (QED) is 0.906. The fourth-order valence-electron chi connectivity index (χ4n) is 2.59. The minimum Gasteiger partial charge on any atom is -0.491 e. The van der Waals surface area contributed by atoms with E-state index in [9.17, 15) is 0 Å². The molecule has 0 bridgehead atoms. The minimum absolute atomic E-state index is 0.531. The molecule has 1 fully saturated rings. The molecule has 1 aromatic rings. The summed E-state index contributed by atoms with van der Waals surface area (Å²) in [5, 5.41) is 4.05. The maximum absolute atomic E-state index is 6.28. The van der Waals surface area contributed by atoms with Gasteiger partial charge in [-0.05, 0) is 31.5 Å². The Morgan fingerprint density at radius 3 is 2.90 bits per heavy atom. The Kier molecular flexibility index (Phi) is 5.52. The molecular weight excluding hydrogens is 276 g/mol. The van der Waals surface area contributed by atoms with E-state index in [4.69, 9.17) is 21.1 Å². The lowest BCUT2D eigenvalue weighted by Crippen LogP contribution is -2.48. The van der Waals surface area contributed by atoms with E-state index in [0.717, 1.165) is 37.5 Å². The lowest BCUT2D eigenvalue weighted by Gasteiger charge is -2.32. The third kappa shape index (κ3) is 3.78. The van der Waals surface area contributed by atoms with Crippen LogP contribution in [-0.2, 0) is 6.54 Å². The molecule has 0 unspecified atom stereocenters. The zero-order chi connectivity index (χ0) is 14.5. The first-order valence-electron chi connectivity index (χ1n) is 7.09. The van der Waals surface area contributed by atoms with Crippen molar-refractivity contribution in [3.8, 4) is 11.5 Å². The Morgan fingerprint density at radius 2 is 2.25 bits per heavy atom. The van der Waals surface area contributed by atoms with E-state index in [1.165, 1.54) is 0 Å². The average molecular weight is 299 g/mol. The second kappa shape index (κ2) is 7.16. The predicted octanol–water partition coefficient (Wildman–Crippen LogP) is 2.54. The molecule has 112 valence electrons. The van der Waals surface area contributed by atoms with Crippen molar-refractivity contribution in [2.75, 3.05) is 33.4 Å². The third-order valence-electron chi connectivity index (χ3n) is 3.43. The van der Waals surface area contributed by atoms with Gasteiger partial charge in [-0.3, -0.25) is 4.90 Å². The molecular formula is C15H23ClN2O2. The molecule has 4 nitrogen and oxygen atoms in total. The van der Waals surface area contributed by atoms with E-state index >= 15 is 0 Å². The SMILES string of the molecule is CCOc1cc(CN2CCN[C@H](C)C2)cc(Cl)c1OC. The van der Waals surface area contributed by atoms with Gasteiger partial charge in [0.05, 0.1) is 18.7 Å². The molecule has 1 aromatic carbocycles. The number of methoxy groups -OCH3 is 1. The summed E-state index contributed by atoms with van der Waals surface area (Å²) in [6.45, 7) is 8.78. The predicted molar refractivity (Wildman–Crippen MR) is 81.9 cm³/mol. The number of ether oxygens (including phenoxy) is 2. The summed E-state index contributed by atoms with van der Waals surface area (Å²) in [6.07, 6.45) is 0. The molecule has 0 amide bonds. The highest BCUT2D eigenvalue weighted by Crippen LogP contribution is 2.36. The van der Waals surface area contributed by atoms with Crippen molar-refractivity contribution in [2.24, 2.45) is 0 Å². The maximum atomic E-state index is 6.28. The van der Waals surface area contributed by atoms with Crippen LogP contribution in [0.1, 0.15) is 19.4 Å². The maximum Gasteiger partial charge on any atom is 0.179 e. The van der Waals surface area contributed by atoms with Crippen LogP contribution < -0.4 is 14.8 Å². The number of nitrogens with zero attached hydrogens (tertiary/aromatic N) is 1. The number of benzene rings is 1. The second-order valence-electron chi connectivity index (χ2n) is 5.13. The summed E-state index contributed by atoms with van der Waals surface area (Å²) in [5.74, 6) is 1.34. The number of piperazine rings is 1. The van der Waals surface area contributed by atoms with Crippen LogP contribution in [0.25, 0.3) is 0 Å². The lowest BCUT2D eigenvalue weighted by molar-refractivity contribution is 0.199. The molecule has 1 saturated heterocycles. The van der Waals surface area contributed by atoms with Crippen molar-refractivity contribution in [3.63, 3.8) is 0 Å². The number of hydrogen-bond donors (Lipinski definition) is 1. The zero-order valence-electron chi connectivity index (χ0n) is 12.4. The van der Waals surface area contributed by atoms with Crippen molar-refractivity contribution in [2.45, 2.75) is 26.4 Å². The first kappa shape index (κ1) is 15.4. The molecule has 0 radical (unpaired) electrons. The summed E-state index contributed by atoms with van der Waals surface area (Å²) >= 11 is 6.28. The van der Waals surface area contributed by atoms with Crippen LogP contribution in [0.3, 0.4) is 0 Å². The van der Waals surface area contributed by atoms with E-state index in [1.54, 1.807) is 7.11 Å². The van der Waals surface area contributed by atoms with Crippen molar-refractivity contribution in [1.82, 2.24) is 10.2 Å². The van der Waals surface area contributed by atoms with Crippen LogP contribution in [-0.4, -0.2) is 44.3 Å². The smallest absolute Gasteiger partial charge is 0.179 e. The summed E-state index contributed by atoms with van der Waals surface area (Å²) < 4.78 is 10.9. The normalized spacial score (nSPS) is 19.9. The second-order valence-corrected chi connectivity index (χ2v) is 5.54. The molecule has 1 N–H and O–H groups in total. The highest BCUT2D eigenvalue weighted by atomic mass is 35.5. The van der Waals surface area contributed by atoms with Gasteiger partial charge in [-0.25, -0.2) is 0 Å². The van der Waals surface area contributed by atoms with Gasteiger partial charge in [0.25, 0.3) is 0 Å². The number of halogens is 1. The van der Waals surface area contributed by atoms with Gasteiger partial charge in [0, 0.05) is 32.2 Å². The molecule has 1 heterocycles. The number of nitrogens with one attached hydrogen (secondary N) is 1. The summed E-state index contributed by atoms with van der Waals surface area (Å²) in [7, 11) is 1.61. The van der Waals surface area contributed by atoms with Crippen LogP contribution in [0.2, 0.25) is 5.02 Å². The van der Waals surface area contributed by atoms with E-state index in [2.05, 4.69) is 17.1 Å². The number of rotatable bonds is 5. The Balaban J connectivity index is 2.15. The minimum atomic E-state index is 0.531. The molecule has 1 atom stereocenters. The van der Waals surface area contributed by atoms with Gasteiger partial charge in [0.15, 0.2) is 11.5 Å². The van der Waals surface area contributed by atoms with Crippen molar-refractivity contribution >= 4 is 11.6 Å². The van der Waals surface area contributed by atoms with Gasteiger partial charge in [-0.15, -0.1) is 0 Å². The van der Waals surface area contributed by atoms with E-state index in [1.807, 2.05) is 19.1 Å². The fourth-order valence-corrected chi connectivity index (χ4v) is 2.90. The fraction of sp³-hybridized carbons (Fsp3) is 0.600. The van der Waals surface area contributed by atoms with E-state index in [0.29, 0.717) is 23.4 Å². The molecule has 20 heavy (non-hydrogen) atoms. The molecule has 0 spiro atoms. The Bertz CT molecular complexity index is 454. The van der Waals surface area contributed by atoms with Crippen molar-refractivity contribution in [3.05, 3.63) is 22.7 Å². The largest absolute Gasteiger partial charge is 0.491 e. The Hall–Kier alpha value is -0.970. The van der Waals surface area contributed by atoms with Crippen LogP contribution in [0.4, 0.5) is 0 Å². The van der Waals surface area contributed by atoms with Gasteiger partial charge in [0.2, 0.25) is 0 Å². The third-order valence-corrected chi connectivity index (χ3v) is 3.71. The van der Waals surface area contributed by atoms with Gasteiger partial charge in [-0.2, -0.15) is 0 Å². The first-order valence-corrected chi connectivity index (χ1v) is 7.46. The summed E-state index contributed by atoms with van der Waals surface area (Å²) in [5.41, 5.74) is 1.16. The van der Waals surface area contributed by atoms with Gasteiger partial charge in [0.1, 0.15) is 0 Å². The number of hydrogen-bond acceptors (Lipinski definition) is 4. The summed E-state index contributed by atoms with van der Waals surface area (Å²) in [6, 6.07) is 4.53. The molecule has 5 heteroatoms. The van der Waals surface area contributed by atoms with Crippen molar-refractivity contribution < 1.29 is 9.47 Å². The average Bonchev–Trinajstić information content (AvgIpc) is 2.39.